The lowest BCUT2D eigenvalue weighted by Gasteiger charge is -2.13. The Morgan fingerprint density at radius 1 is 1.00 bits per heavy atom. The maximum atomic E-state index is 13.1. The Balaban J connectivity index is 1.57. The Labute approximate surface area is 177 Å². The second-order valence-corrected chi connectivity index (χ2v) is 6.70. The van der Waals surface area contributed by atoms with E-state index in [1.807, 2.05) is 0 Å². The van der Waals surface area contributed by atoms with Gasteiger partial charge in [-0.1, -0.05) is 36.4 Å². The topological polar surface area (TPSA) is 89.0 Å². The van der Waals surface area contributed by atoms with Crippen LogP contribution in [0.1, 0.15) is 34.8 Å². The van der Waals surface area contributed by atoms with Gasteiger partial charge in [0, 0.05) is 11.1 Å². The summed E-state index contributed by atoms with van der Waals surface area (Å²) >= 11 is 0. The number of halogens is 1. The van der Waals surface area contributed by atoms with Crippen LogP contribution in [-0.2, 0) is 4.74 Å². The number of benzene rings is 3. The van der Waals surface area contributed by atoms with E-state index in [0.29, 0.717) is 27.8 Å². The Morgan fingerprint density at radius 3 is 2.42 bits per heavy atom. The summed E-state index contributed by atoms with van der Waals surface area (Å²) in [7, 11) is 0. The lowest BCUT2D eigenvalue weighted by molar-refractivity contribution is 0.0281. The predicted molar refractivity (Wildman–Crippen MR) is 110 cm³/mol. The van der Waals surface area contributed by atoms with Crippen LogP contribution in [0.15, 0.2) is 77.2 Å². The fraction of sp³-hybridized carbons (Fsp3) is 0.0833. The number of hydrogen-bond donors (Lipinski definition) is 0. The third-order valence-electron chi connectivity index (χ3n) is 4.65. The van der Waals surface area contributed by atoms with Crippen LogP contribution >= 0.6 is 0 Å². The van der Waals surface area contributed by atoms with Gasteiger partial charge in [0.25, 0.3) is 5.89 Å². The lowest BCUT2D eigenvalue weighted by Crippen LogP contribution is -2.11. The van der Waals surface area contributed by atoms with Crippen molar-refractivity contribution in [3.05, 3.63) is 95.6 Å². The first-order valence-corrected chi connectivity index (χ1v) is 9.45. The third-order valence-corrected chi connectivity index (χ3v) is 4.65. The summed E-state index contributed by atoms with van der Waals surface area (Å²) in [4.78, 5) is 12.9. The van der Waals surface area contributed by atoms with Crippen molar-refractivity contribution in [1.82, 2.24) is 10.2 Å². The monoisotopic (exact) mass is 413 g/mol. The summed E-state index contributed by atoms with van der Waals surface area (Å²) in [6, 6.07) is 21.7. The highest BCUT2D eigenvalue weighted by Gasteiger charge is 2.22. The quantitative estimate of drug-likeness (QED) is 0.411. The van der Waals surface area contributed by atoms with Crippen molar-refractivity contribution in [3.63, 3.8) is 0 Å². The standard InChI is InChI=1S/C24H16FN3O3/c1-15(22-27-28-23(31-22)16-10-12-18(25)13-11-16)30-24(29)21-9-5-4-8-20(21)19-7-3-2-6-17(19)14-26/h2-13,15H,1H3/t15-/m1/s1. The van der Waals surface area contributed by atoms with Gasteiger partial charge in [-0.3, -0.25) is 0 Å². The molecule has 0 aliphatic heterocycles. The number of carbonyl (C=O) groups excluding carboxylic acids is 1. The first kappa shape index (κ1) is 20.0. The van der Waals surface area contributed by atoms with E-state index < -0.39 is 12.1 Å². The van der Waals surface area contributed by atoms with E-state index in [1.54, 1.807) is 55.5 Å². The molecule has 4 rings (SSSR count). The van der Waals surface area contributed by atoms with Crippen LogP contribution in [0.5, 0.6) is 0 Å². The highest BCUT2D eigenvalue weighted by atomic mass is 19.1. The maximum Gasteiger partial charge on any atom is 0.339 e. The smallest absolute Gasteiger partial charge is 0.339 e. The second kappa shape index (κ2) is 8.59. The molecule has 0 spiro atoms. The van der Waals surface area contributed by atoms with Crippen LogP contribution in [0, 0.1) is 17.1 Å². The van der Waals surface area contributed by atoms with Gasteiger partial charge >= 0.3 is 5.97 Å². The molecule has 0 radical (unpaired) electrons. The first-order chi connectivity index (χ1) is 15.1. The fourth-order valence-electron chi connectivity index (χ4n) is 3.09. The van der Waals surface area contributed by atoms with Gasteiger partial charge in [-0.05, 0) is 48.9 Å². The molecule has 0 fully saturated rings. The summed E-state index contributed by atoms with van der Waals surface area (Å²) in [6.45, 7) is 1.62. The number of nitriles is 1. The zero-order valence-corrected chi connectivity index (χ0v) is 16.4. The van der Waals surface area contributed by atoms with E-state index >= 15 is 0 Å². The number of hydrogen-bond acceptors (Lipinski definition) is 6. The van der Waals surface area contributed by atoms with E-state index in [9.17, 15) is 14.4 Å². The normalized spacial score (nSPS) is 11.5. The van der Waals surface area contributed by atoms with Crippen LogP contribution in [0.3, 0.4) is 0 Å². The van der Waals surface area contributed by atoms with Crippen molar-refractivity contribution in [2.75, 3.05) is 0 Å². The molecule has 0 N–H and O–H groups in total. The summed E-state index contributed by atoms with van der Waals surface area (Å²) in [5, 5.41) is 17.3. The number of aromatic nitrogens is 2. The Hall–Kier alpha value is -4.31. The molecular weight excluding hydrogens is 397 g/mol. The highest BCUT2D eigenvalue weighted by Crippen LogP contribution is 2.29. The molecule has 1 aromatic heterocycles. The van der Waals surface area contributed by atoms with Crippen LogP contribution in [0.4, 0.5) is 4.39 Å². The molecule has 1 atom stereocenters. The minimum atomic E-state index is -0.812. The molecule has 0 saturated carbocycles. The molecule has 4 aromatic rings. The number of nitrogens with zero attached hydrogens (tertiary/aromatic N) is 3. The lowest BCUT2D eigenvalue weighted by atomic mass is 9.96. The Kier molecular flexibility index (Phi) is 5.54. The molecule has 0 bridgehead atoms. The van der Waals surface area contributed by atoms with E-state index in [0.717, 1.165) is 0 Å². The number of rotatable bonds is 5. The van der Waals surface area contributed by atoms with Crippen molar-refractivity contribution in [3.8, 4) is 28.7 Å². The first-order valence-electron chi connectivity index (χ1n) is 9.45. The molecule has 0 aliphatic rings. The summed E-state index contributed by atoms with van der Waals surface area (Å²) in [5.74, 6) is -0.649. The molecule has 1 heterocycles. The van der Waals surface area contributed by atoms with Crippen LogP contribution in [-0.4, -0.2) is 16.2 Å². The van der Waals surface area contributed by atoms with Crippen molar-refractivity contribution in [1.29, 1.82) is 5.26 Å². The molecule has 3 aromatic carbocycles. The van der Waals surface area contributed by atoms with Gasteiger partial charge in [0.05, 0.1) is 17.2 Å². The van der Waals surface area contributed by atoms with E-state index in [4.69, 9.17) is 9.15 Å². The maximum absolute atomic E-state index is 13.1. The third kappa shape index (κ3) is 4.19. The van der Waals surface area contributed by atoms with Crippen molar-refractivity contribution < 1.29 is 18.3 Å². The molecule has 6 nitrogen and oxygen atoms in total. The number of esters is 1. The molecule has 0 saturated heterocycles. The highest BCUT2D eigenvalue weighted by molar-refractivity contribution is 5.98. The van der Waals surface area contributed by atoms with Gasteiger partial charge in [0.2, 0.25) is 5.89 Å². The molecule has 0 aliphatic carbocycles. The average molecular weight is 413 g/mol. The minimum Gasteiger partial charge on any atom is -0.449 e. The minimum absolute atomic E-state index is 0.114. The van der Waals surface area contributed by atoms with Crippen molar-refractivity contribution >= 4 is 5.97 Å². The summed E-state index contributed by atoms with van der Waals surface area (Å²) in [5.41, 5.74) is 2.56. The Bertz CT molecular complexity index is 1280. The van der Waals surface area contributed by atoms with Crippen LogP contribution < -0.4 is 0 Å². The van der Waals surface area contributed by atoms with Gasteiger partial charge in [0.15, 0.2) is 6.10 Å². The average Bonchev–Trinajstić information content (AvgIpc) is 3.30. The van der Waals surface area contributed by atoms with Gasteiger partial charge in [-0.15, -0.1) is 10.2 Å². The van der Waals surface area contributed by atoms with Gasteiger partial charge in [-0.2, -0.15) is 5.26 Å². The van der Waals surface area contributed by atoms with Gasteiger partial charge < -0.3 is 9.15 Å². The van der Waals surface area contributed by atoms with E-state index in [1.165, 1.54) is 24.3 Å². The summed E-state index contributed by atoms with van der Waals surface area (Å²) < 4.78 is 24.2. The van der Waals surface area contributed by atoms with Crippen molar-refractivity contribution in [2.45, 2.75) is 13.0 Å². The van der Waals surface area contributed by atoms with Crippen LogP contribution in [0.2, 0.25) is 0 Å². The largest absolute Gasteiger partial charge is 0.449 e. The number of ether oxygens (including phenoxy) is 1. The van der Waals surface area contributed by atoms with E-state index in [-0.39, 0.29) is 17.6 Å². The zero-order valence-electron chi connectivity index (χ0n) is 16.4. The molecule has 0 amide bonds. The fourth-order valence-corrected chi connectivity index (χ4v) is 3.09. The number of carbonyl (C=O) groups is 1. The van der Waals surface area contributed by atoms with Gasteiger partial charge in [-0.25, -0.2) is 9.18 Å². The molecule has 152 valence electrons. The van der Waals surface area contributed by atoms with Crippen molar-refractivity contribution in [2.24, 2.45) is 0 Å². The summed E-state index contributed by atoms with van der Waals surface area (Å²) in [6.07, 6.45) is -0.812. The molecule has 7 heteroatoms. The van der Waals surface area contributed by atoms with Gasteiger partial charge in [0.1, 0.15) is 5.82 Å². The second-order valence-electron chi connectivity index (χ2n) is 6.70. The zero-order chi connectivity index (χ0) is 21.8. The molecule has 31 heavy (non-hydrogen) atoms. The molecular formula is C24H16FN3O3. The predicted octanol–water partition coefficient (Wildman–Crippen LogP) is 5.33. The van der Waals surface area contributed by atoms with Crippen LogP contribution in [0.25, 0.3) is 22.6 Å². The molecule has 0 unspecified atom stereocenters. The van der Waals surface area contributed by atoms with E-state index in [2.05, 4.69) is 16.3 Å². The SMILES string of the molecule is C[C@@H](OC(=O)c1ccccc1-c1ccccc1C#N)c1nnc(-c2ccc(F)cc2)o1. The Morgan fingerprint density at radius 2 is 1.68 bits per heavy atom.